The van der Waals surface area contributed by atoms with Crippen molar-refractivity contribution in [3.63, 3.8) is 0 Å². The van der Waals surface area contributed by atoms with Crippen molar-refractivity contribution >= 4 is 12.0 Å². The average molecular weight is 314 g/mol. The molecule has 0 bridgehead atoms. The second-order valence-electron chi connectivity index (χ2n) is 6.95. The number of likely N-dealkylation sites (tertiary alicyclic amines) is 1. The molecule has 2 aliphatic heterocycles. The van der Waals surface area contributed by atoms with Crippen LogP contribution in [0.4, 0.5) is 4.79 Å². The zero-order chi connectivity index (χ0) is 15.9. The van der Waals surface area contributed by atoms with Crippen LogP contribution >= 0.6 is 0 Å². The first-order chi connectivity index (χ1) is 11.2. The number of hydrogen-bond donors (Lipinski definition) is 1. The predicted molar refractivity (Wildman–Crippen MR) is 85.1 cm³/mol. The van der Waals surface area contributed by atoms with Crippen molar-refractivity contribution < 1.29 is 14.3 Å². The van der Waals surface area contributed by atoms with Crippen molar-refractivity contribution in [2.45, 2.75) is 43.6 Å². The van der Waals surface area contributed by atoms with Gasteiger partial charge in [0.2, 0.25) is 5.91 Å². The molecule has 122 valence electrons. The number of hydrogen-bond acceptors (Lipinski definition) is 3. The summed E-state index contributed by atoms with van der Waals surface area (Å²) >= 11 is 0. The van der Waals surface area contributed by atoms with Gasteiger partial charge in [-0.15, -0.1) is 0 Å². The number of carbonyl (C=O) groups excluding carboxylic acids is 2. The highest BCUT2D eigenvalue weighted by Gasteiger charge is 2.43. The maximum absolute atomic E-state index is 12.6. The minimum absolute atomic E-state index is 0.235. The second kappa shape index (κ2) is 5.55. The molecule has 0 aromatic heterocycles. The Labute approximate surface area is 136 Å². The summed E-state index contributed by atoms with van der Waals surface area (Å²) in [6.45, 7) is 1.94. The normalized spacial score (nSPS) is 25.1. The topological polar surface area (TPSA) is 58.6 Å². The number of carbonyl (C=O) groups is 2. The van der Waals surface area contributed by atoms with Gasteiger partial charge in [-0.1, -0.05) is 24.3 Å². The summed E-state index contributed by atoms with van der Waals surface area (Å²) in [7, 11) is 0. The molecule has 0 radical (unpaired) electrons. The van der Waals surface area contributed by atoms with E-state index >= 15 is 0 Å². The lowest BCUT2D eigenvalue weighted by Gasteiger charge is -2.37. The third kappa shape index (κ3) is 2.69. The minimum Gasteiger partial charge on any atom is -0.441 e. The Morgan fingerprint density at radius 2 is 2.09 bits per heavy atom. The molecule has 23 heavy (non-hydrogen) atoms. The van der Waals surface area contributed by atoms with E-state index in [0.29, 0.717) is 32.0 Å². The van der Waals surface area contributed by atoms with Crippen LogP contribution in [0.1, 0.15) is 42.7 Å². The summed E-state index contributed by atoms with van der Waals surface area (Å²) in [4.78, 5) is 25.8. The van der Waals surface area contributed by atoms with E-state index in [2.05, 4.69) is 29.6 Å². The lowest BCUT2D eigenvalue weighted by atomic mass is 9.90. The Bertz CT molecular complexity index is 635. The van der Waals surface area contributed by atoms with E-state index in [9.17, 15) is 9.59 Å². The number of ether oxygens (including phenoxy) is 1. The van der Waals surface area contributed by atoms with Crippen LogP contribution in [-0.4, -0.2) is 42.1 Å². The molecule has 1 spiro atoms. The van der Waals surface area contributed by atoms with Crippen molar-refractivity contribution in [2.24, 2.45) is 0 Å². The Kier molecular flexibility index (Phi) is 3.51. The van der Waals surface area contributed by atoms with Gasteiger partial charge >= 0.3 is 6.09 Å². The number of fused-ring (bicyclic) bond motifs is 1. The van der Waals surface area contributed by atoms with E-state index in [4.69, 9.17) is 4.74 Å². The van der Waals surface area contributed by atoms with Gasteiger partial charge in [0.25, 0.3) is 0 Å². The van der Waals surface area contributed by atoms with Gasteiger partial charge in [0, 0.05) is 32.4 Å². The molecule has 1 atom stereocenters. The maximum Gasteiger partial charge on any atom is 0.407 e. The fourth-order valence-electron chi connectivity index (χ4n) is 4.14. The molecule has 0 saturated carbocycles. The van der Waals surface area contributed by atoms with Gasteiger partial charge in [-0.05, 0) is 29.9 Å². The van der Waals surface area contributed by atoms with E-state index in [1.165, 1.54) is 11.1 Å². The van der Waals surface area contributed by atoms with Crippen molar-refractivity contribution in [1.82, 2.24) is 10.2 Å². The van der Waals surface area contributed by atoms with Crippen LogP contribution in [-0.2, 0) is 16.0 Å². The zero-order valence-corrected chi connectivity index (χ0v) is 13.2. The molecule has 2 heterocycles. The van der Waals surface area contributed by atoms with Gasteiger partial charge in [0.15, 0.2) is 0 Å². The summed E-state index contributed by atoms with van der Waals surface area (Å²) < 4.78 is 5.41. The van der Waals surface area contributed by atoms with Crippen LogP contribution in [0.25, 0.3) is 0 Å². The van der Waals surface area contributed by atoms with Gasteiger partial charge in [-0.3, -0.25) is 4.79 Å². The molecule has 1 aromatic carbocycles. The standard InChI is InChI=1S/C18H22N2O3/c21-16(11-14-6-5-13-3-1-2-4-15(13)14)20-9-7-18(8-10-20)12-19-17(22)23-18/h1-4,14H,5-12H2,(H,19,22)/t14-/m1/s1. The van der Waals surface area contributed by atoms with Crippen LogP contribution in [0.2, 0.25) is 0 Å². The third-order valence-corrected chi connectivity index (χ3v) is 5.57. The quantitative estimate of drug-likeness (QED) is 0.910. The molecule has 0 unspecified atom stereocenters. The number of nitrogens with one attached hydrogen (secondary N) is 1. The Hall–Kier alpha value is -2.04. The average Bonchev–Trinajstić information content (AvgIpc) is 3.13. The van der Waals surface area contributed by atoms with Crippen LogP contribution in [0.5, 0.6) is 0 Å². The number of nitrogens with zero attached hydrogens (tertiary/aromatic N) is 1. The fourth-order valence-corrected chi connectivity index (χ4v) is 4.14. The molecule has 2 saturated heterocycles. The molecular formula is C18H22N2O3. The van der Waals surface area contributed by atoms with Gasteiger partial charge in [-0.25, -0.2) is 4.79 Å². The lowest BCUT2D eigenvalue weighted by Crippen LogP contribution is -2.48. The van der Waals surface area contributed by atoms with Crippen molar-refractivity contribution in [3.8, 4) is 0 Å². The zero-order valence-electron chi connectivity index (χ0n) is 13.2. The first-order valence-electron chi connectivity index (χ1n) is 8.48. The van der Waals surface area contributed by atoms with Crippen LogP contribution in [0, 0.1) is 0 Å². The second-order valence-corrected chi connectivity index (χ2v) is 6.95. The Morgan fingerprint density at radius 1 is 1.30 bits per heavy atom. The summed E-state index contributed by atoms with van der Waals surface area (Å²) in [5.74, 6) is 0.597. The highest BCUT2D eigenvalue weighted by molar-refractivity contribution is 5.77. The fraction of sp³-hybridized carbons (Fsp3) is 0.556. The van der Waals surface area contributed by atoms with Gasteiger partial charge in [0.1, 0.15) is 5.60 Å². The van der Waals surface area contributed by atoms with E-state index in [1.54, 1.807) is 0 Å². The number of piperidine rings is 1. The highest BCUT2D eigenvalue weighted by Crippen LogP contribution is 2.36. The monoisotopic (exact) mass is 314 g/mol. The van der Waals surface area contributed by atoms with E-state index in [-0.39, 0.29) is 17.6 Å². The first-order valence-corrected chi connectivity index (χ1v) is 8.48. The highest BCUT2D eigenvalue weighted by atomic mass is 16.6. The van der Waals surface area contributed by atoms with E-state index in [0.717, 1.165) is 25.7 Å². The maximum atomic E-state index is 12.6. The van der Waals surface area contributed by atoms with E-state index in [1.807, 2.05) is 4.90 Å². The molecular weight excluding hydrogens is 292 g/mol. The SMILES string of the molecule is O=C1NCC2(CCN(C(=O)C[C@H]3CCc4ccccc43)CC2)O1. The molecule has 1 aromatic rings. The van der Waals surface area contributed by atoms with Crippen molar-refractivity contribution in [2.75, 3.05) is 19.6 Å². The first kappa shape index (κ1) is 14.5. The number of rotatable bonds is 2. The van der Waals surface area contributed by atoms with Gasteiger partial charge in [-0.2, -0.15) is 0 Å². The third-order valence-electron chi connectivity index (χ3n) is 5.57. The van der Waals surface area contributed by atoms with Crippen molar-refractivity contribution in [3.05, 3.63) is 35.4 Å². The molecule has 2 amide bonds. The number of benzene rings is 1. The predicted octanol–water partition coefficient (Wildman–Crippen LogP) is 2.21. The van der Waals surface area contributed by atoms with Gasteiger partial charge < -0.3 is 15.0 Å². The molecule has 3 aliphatic rings. The van der Waals surface area contributed by atoms with Crippen molar-refractivity contribution in [1.29, 1.82) is 0 Å². The summed E-state index contributed by atoms with van der Waals surface area (Å²) in [6, 6.07) is 8.47. The van der Waals surface area contributed by atoms with E-state index < -0.39 is 0 Å². The Balaban J connectivity index is 1.35. The van der Waals surface area contributed by atoms with Crippen LogP contribution < -0.4 is 5.32 Å². The molecule has 5 nitrogen and oxygen atoms in total. The molecule has 4 rings (SSSR count). The minimum atomic E-state index is -0.381. The lowest BCUT2D eigenvalue weighted by molar-refractivity contribution is -0.134. The number of aryl methyl sites for hydroxylation is 1. The van der Waals surface area contributed by atoms with Crippen LogP contribution in [0.3, 0.4) is 0 Å². The smallest absolute Gasteiger partial charge is 0.407 e. The molecule has 1 N–H and O–H groups in total. The molecule has 1 aliphatic carbocycles. The van der Waals surface area contributed by atoms with Gasteiger partial charge in [0.05, 0.1) is 6.54 Å². The molecule has 2 fully saturated rings. The largest absolute Gasteiger partial charge is 0.441 e. The summed E-state index contributed by atoms with van der Waals surface area (Å²) in [5, 5.41) is 2.73. The number of amides is 2. The summed E-state index contributed by atoms with van der Waals surface area (Å²) in [5.41, 5.74) is 2.36. The summed E-state index contributed by atoms with van der Waals surface area (Å²) in [6.07, 6.45) is 3.90. The van der Waals surface area contributed by atoms with Crippen LogP contribution in [0.15, 0.2) is 24.3 Å². The number of alkyl carbamates (subject to hydrolysis) is 1. The Morgan fingerprint density at radius 3 is 2.83 bits per heavy atom. The molecule has 5 heteroatoms.